The second kappa shape index (κ2) is 6.67. The van der Waals surface area contributed by atoms with E-state index in [4.69, 9.17) is 11.6 Å². The molecular formula is C10H17ClF3NO. The lowest BCUT2D eigenvalue weighted by molar-refractivity contribution is -0.325. The van der Waals surface area contributed by atoms with E-state index in [9.17, 15) is 13.2 Å². The van der Waals surface area contributed by atoms with Crippen LogP contribution in [0, 0.1) is 0 Å². The van der Waals surface area contributed by atoms with E-state index in [0.29, 0.717) is 18.5 Å². The van der Waals surface area contributed by atoms with Gasteiger partial charge in [-0.05, 0) is 25.8 Å². The van der Waals surface area contributed by atoms with E-state index in [-0.39, 0.29) is 6.61 Å². The van der Waals surface area contributed by atoms with Crippen LogP contribution >= 0.6 is 11.6 Å². The lowest BCUT2D eigenvalue weighted by atomic mass is 10.0. The summed E-state index contributed by atoms with van der Waals surface area (Å²) in [5.41, 5.74) is 0. The molecule has 1 saturated heterocycles. The zero-order valence-electron chi connectivity index (χ0n) is 9.10. The topological polar surface area (TPSA) is 12.5 Å². The number of ether oxygens (including phenoxy) is 1. The van der Waals surface area contributed by atoms with Crippen molar-refractivity contribution in [3.8, 4) is 0 Å². The van der Waals surface area contributed by atoms with Crippen LogP contribution < -0.4 is 0 Å². The van der Waals surface area contributed by atoms with Gasteiger partial charge in [0, 0.05) is 18.5 Å². The molecule has 1 aliphatic heterocycles. The predicted molar refractivity (Wildman–Crippen MR) is 56.6 cm³/mol. The minimum Gasteiger partial charge on any atom is -0.298 e. The van der Waals surface area contributed by atoms with Crippen molar-refractivity contribution in [2.45, 2.75) is 38.1 Å². The van der Waals surface area contributed by atoms with Crippen LogP contribution in [-0.2, 0) is 4.74 Å². The molecule has 1 rings (SSSR count). The van der Waals surface area contributed by atoms with Gasteiger partial charge in [0.05, 0.1) is 6.61 Å². The molecule has 0 aromatic rings. The van der Waals surface area contributed by atoms with Crippen molar-refractivity contribution in [3.63, 3.8) is 0 Å². The fraction of sp³-hybridized carbons (Fsp3) is 1.00. The molecule has 96 valence electrons. The maximum absolute atomic E-state index is 11.8. The average Bonchev–Trinajstić information content (AvgIpc) is 2.19. The summed E-state index contributed by atoms with van der Waals surface area (Å²) in [6.45, 7) is 0.895. The summed E-state index contributed by atoms with van der Waals surface area (Å²) in [5, 5.41) is 0. The van der Waals surface area contributed by atoms with Gasteiger partial charge >= 0.3 is 6.36 Å². The number of halogens is 4. The van der Waals surface area contributed by atoms with Gasteiger partial charge in [0.25, 0.3) is 0 Å². The predicted octanol–water partition coefficient (Wildman–Crippen LogP) is 3.01. The van der Waals surface area contributed by atoms with Crippen LogP contribution in [0.3, 0.4) is 0 Å². The molecule has 1 fully saturated rings. The number of piperidine rings is 1. The third-order valence-electron chi connectivity index (χ3n) is 2.84. The van der Waals surface area contributed by atoms with Gasteiger partial charge in [-0.3, -0.25) is 9.64 Å². The van der Waals surface area contributed by atoms with Gasteiger partial charge in [0.2, 0.25) is 0 Å². The maximum atomic E-state index is 11.8. The first-order chi connectivity index (χ1) is 7.53. The summed E-state index contributed by atoms with van der Waals surface area (Å²) >= 11 is 5.67. The molecule has 6 heteroatoms. The highest BCUT2D eigenvalue weighted by Gasteiger charge is 2.30. The Hall–Kier alpha value is 0. The summed E-state index contributed by atoms with van der Waals surface area (Å²) in [7, 11) is 0. The lowest BCUT2D eigenvalue weighted by Crippen LogP contribution is -2.42. The van der Waals surface area contributed by atoms with E-state index < -0.39 is 6.36 Å². The summed E-state index contributed by atoms with van der Waals surface area (Å²) in [6, 6.07) is 0.322. The Morgan fingerprint density at radius 1 is 1.31 bits per heavy atom. The van der Waals surface area contributed by atoms with Gasteiger partial charge in [-0.2, -0.15) is 0 Å². The van der Waals surface area contributed by atoms with E-state index in [2.05, 4.69) is 9.64 Å². The monoisotopic (exact) mass is 259 g/mol. The molecule has 0 aromatic heterocycles. The molecule has 0 saturated carbocycles. The molecule has 0 aliphatic carbocycles. The highest BCUT2D eigenvalue weighted by molar-refractivity contribution is 6.17. The van der Waals surface area contributed by atoms with E-state index in [0.717, 1.165) is 32.2 Å². The number of nitrogens with zero attached hydrogens (tertiary/aromatic N) is 1. The summed E-state index contributed by atoms with van der Waals surface area (Å²) in [4.78, 5) is 2.05. The summed E-state index contributed by atoms with van der Waals surface area (Å²) < 4.78 is 39.2. The molecule has 1 unspecified atom stereocenters. The molecule has 16 heavy (non-hydrogen) atoms. The zero-order valence-corrected chi connectivity index (χ0v) is 9.86. The summed E-state index contributed by atoms with van der Waals surface area (Å²) in [5.74, 6) is 0.557. The average molecular weight is 260 g/mol. The molecule has 0 bridgehead atoms. The van der Waals surface area contributed by atoms with E-state index in [1.807, 2.05) is 0 Å². The van der Waals surface area contributed by atoms with Crippen LogP contribution in [0.1, 0.15) is 25.7 Å². The molecule has 0 amide bonds. The number of hydrogen-bond acceptors (Lipinski definition) is 2. The highest BCUT2D eigenvalue weighted by atomic mass is 35.5. The first kappa shape index (κ1) is 14.1. The van der Waals surface area contributed by atoms with Crippen molar-refractivity contribution in [1.82, 2.24) is 4.90 Å². The normalized spacial score (nSPS) is 23.6. The largest absolute Gasteiger partial charge is 0.522 e. The van der Waals surface area contributed by atoms with Crippen molar-refractivity contribution >= 4 is 11.6 Å². The van der Waals surface area contributed by atoms with Crippen molar-refractivity contribution in [2.24, 2.45) is 0 Å². The van der Waals surface area contributed by atoms with Crippen molar-refractivity contribution in [2.75, 3.05) is 25.6 Å². The van der Waals surface area contributed by atoms with Crippen LogP contribution in [0.15, 0.2) is 0 Å². The fourth-order valence-corrected chi connectivity index (χ4v) is 2.34. The standard InChI is InChI=1S/C10H17ClF3NO/c11-5-4-9-3-1-2-6-15(9)7-8-16-10(12,13)14/h9H,1-8H2. The molecule has 0 N–H and O–H groups in total. The Labute approximate surface area is 98.7 Å². The number of hydrogen-bond donors (Lipinski definition) is 0. The van der Waals surface area contributed by atoms with Gasteiger partial charge in [0.15, 0.2) is 0 Å². The second-order valence-corrected chi connectivity index (χ2v) is 4.34. The molecule has 1 heterocycles. The first-order valence-corrected chi connectivity index (χ1v) is 6.07. The van der Waals surface area contributed by atoms with Crippen LogP contribution in [0.4, 0.5) is 13.2 Å². The maximum Gasteiger partial charge on any atom is 0.522 e. The van der Waals surface area contributed by atoms with Gasteiger partial charge < -0.3 is 0 Å². The molecule has 2 nitrogen and oxygen atoms in total. The van der Waals surface area contributed by atoms with Crippen LogP contribution in [0.5, 0.6) is 0 Å². The Kier molecular flexibility index (Phi) is 5.86. The van der Waals surface area contributed by atoms with Crippen molar-refractivity contribution in [1.29, 1.82) is 0 Å². The molecule has 0 aromatic carbocycles. The van der Waals surface area contributed by atoms with Crippen LogP contribution in [0.2, 0.25) is 0 Å². The molecule has 1 aliphatic rings. The molecule has 0 radical (unpaired) electrons. The van der Waals surface area contributed by atoms with E-state index >= 15 is 0 Å². The molecular weight excluding hydrogens is 243 g/mol. The molecule has 0 spiro atoms. The lowest BCUT2D eigenvalue weighted by Gasteiger charge is -2.35. The van der Waals surface area contributed by atoms with Gasteiger partial charge in [-0.25, -0.2) is 0 Å². The minimum absolute atomic E-state index is 0.289. The fourth-order valence-electron chi connectivity index (χ4n) is 2.09. The smallest absolute Gasteiger partial charge is 0.298 e. The SMILES string of the molecule is FC(F)(F)OCCN1CCCCC1CCCl. The van der Waals surface area contributed by atoms with Gasteiger partial charge in [0.1, 0.15) is 0 Å². The Balaban J connectivity index is 2.27. The Morgan fingerprint density at radius 3 is 2.69 bits per heavy atom. The zero-order chi connectivity index (χ0) is 12.0. The van der Waals surface area contributed by atoms with Gasteiger partial charge in [-0.15, -0.1) is 24.8 Å². The van der Waals surface area contributed by atoms with Crippen LogP contribution in [0.25, 0.3) is 0 Å². The van der Waals surface area contributed by atoms with Crippen LogP contribution in [-0.4, -0.2) is 42.9 Å². The summed E-state index contributed by atoms with van der Waals surface area (Å²) in [6.07, 6.45) is -0.465. The number of rotatable bonds is 5. The Morgan fingerprint density at radius 2 is 2.06 bits per heavy atom. The number of likely N-dealkylation sites (tertiary alicyclic amines) is 1. The third-order valence-corrected chi connectivity index (χ3v) is 3.05. The van der Waals surface area contributed by atoms with Gasteiger partial charge in [-0.1, -0.05) is 6.42 Å². The van der Waals surface area contributed by atoms with E-state index in [1.54, 1.807) is 0 Å². The number of alkyl halides is 4. The van der Waals surface area contributed by atoms with Crippen molar-refractivity contribution in [3.05, 3.63) is 0 Å². The first-order valence-electron chi connectivity index (χ1n) is 5.53. The Bertz CT molecular complexity index is 199. The quantitative estimate of drug-likeness (QED) is 0.704. The minimum atomic E-state index is -4.52. The van der Waals surface area contributed by atoms with Crippen molar-refractivity contribution < 1.29 is 17.9 Å². The highest BCUT2D eigenvalue weighted by Crippen LogP contribution is 2.21. The third kappa shape index (κ3) is 5.37. The molecule has 1 atom stereocenters. The second-order valence-electron chi connectivity index (χ2n) is 3.96. The van der Waals surface area contributed by atoms with E-state index in [1.165, 1.54) is 0 Å².